The van der Waals surface area contributed by atoms with Crippen LogP contribution in [0.3, 0.4) is 0 Å². The number of nitrogens with one attached hydrogen (secondary N) is 1. The zero-order valence-electron chi connectivity index (χ0n) is 12.9. The molecule has 0 bridgehead atoms. The largest absolute Gasteiger partial charge is 0.493 e. The molecule has 2 rings (SSSR count). The van der Waals surface area contributed by atoms with Crippen LogP contribution < -0.4 is 9.47 Å². The highest BCUT2D eigenvalue weighted by molar-refractivity contribution is 6.11. The SMILES string of the molecule is COc1c[c]c(C(=N)c2ccc(C(C)C)cc2)cc1OC. The first-order valence-electron chi connectivity index (χ1n) is 6.89. The van der Waals surface area contributed by atoms with Crippen LogP contribution in [0.1, 0.15) is 36.5 Å². The van der Waals surface area contributed by atoms with Crippen LogP contribution in [0.15, 0.2) is 36.4 Å². The lowest BCUT2D eigenvalue weighted by molar-refractivity contribution is 0.355. The monoisotopic (exact) mass is 282 g/mol. The molecule has 1 radical (unpaired) electrons. The van der Waals surface area contributed by atoms with Gasteiger partial charge in [-0.2, -0.15) is 0 Å². The molecule has 0 atom stereocenters. The molecule has 0 amide bonds. The fourth-order valence-corrected chi connectivity index (χ4v) is 2.11. The van der Waals surface area contributed by atoms with Crippen LogP contribution in [0.4, 0.5) is 0 Å². The van der Waals surface area contributed by atoms with Crippen molar-refractivity contribution in [3.63, 3.8) is 0 Å². The maximum Gasteiger partial charge on any atom is 0.161 e. The number of methoxy groups -OCH3 is 2. The maximum atomic E-state index is 8.32. The molecule has 3 heteroatoms. The molecule has 0 aromatic heterocycles. The van der Waals surface area contributed by atoms with Crippen LogP contribution in [0.25, 0.3) is 0 Å². The van der Waals surface area contributed by atoms with Crippen molar-refractivity contribution in [2.45, 2.75) is 19.8 Å². The van der Waals surface area contributed by atoms with Gasteiger partial charge in [0.1, 0.15) is 0 Å². The first kappa shape index (κ1) is 15.1. The molecule has 2 aromatic carbocycles. The lowest BCUT2D eigenvalue weighted by atomic mass is 9.97. The minimum Gasteiger partial charge on any atom is -0.493 e. The van der Waals surface area contributed by atoms with Crippen molar-refractivity contribution in [2.75, 3.05) is 14.2 Å². The summed E-state index contributed by atoms with van der Waals surface area (Å²) < 4.78 is 10.5. The summed E-state index contributed by atoms with van der Waals surface area (Å²) >= 11 is 0. The van der Waals surface area contributed by atoms with Gasteiger partial charge in [-0.25, -0.2) is 0 Å². The van der Waals surface area contributed by atoms with Crippen molar-refractivity contribution in [2.24, 2.45) is 0 Å². The molecule has 0 spiro atoms. The highest BCUT2D eigenvalue weighted by atomic mass is 16.5. The molecule has 2 aromatic rings. The zero-order chi connectivity index (χ0) is 15.4. The van der Waals surface area contributed by atoms with Gasteiger partial charge in [0.05, 0.1) is 19.9 Å². The summed E-state index contributed by atoms with van der Waals surface area (Å²) in [5.74, 6) is 1.71. The van der Waals surface area contributed by atoms with Gasteiger partial charge in [-0.3, -0.25) is 5.41 Å². The van der Waals surface area contributed by atoms with E-state index < -0.39 is 0 Å². The molecule has 1 N–H and O–H groups in total. The predicted octanol–water partition coefficient (Wildman–Crippen LogP) is 4.04. The van der Waals surface area contributed by atoms with Crippen molar-refractivity contribution in [1.82, 2.24) is 0 Å². The molecule has 0 saturated carbocycles. The van der Waals surface area contributed by atoms with E-state index in [9.17, 15) is 0 Å². The minimum absolute atomic E-state index is 0.422. The first-order valence-corrected chi connectivity index (χ1v) is 6.89. The second-order valence-electron chi connectivity index (χ2n) is 5.14. The summed E-state index contributed by atoms with van der Waals surface area (Å²) in [7, 11) is 3.17. The van der Waals surface area contributed by atoms with Gasteiger partial charge in [-0.15, -0.1) is 0 Å². The van der Waals surface area contributed by atoms with Gasteiger partial charge in [0.15, 0.2) is 11.5 Å². The van der Waals surface area contributed by atoms with E-state index in [-0.39, 0.29) is 0 Å². The second kappa shape index (κ2) is 6.44. The van der Waals surface area contributed by atoms with E-state index in [2.05, 4.69) is 32.0 Å². The quantitative estimate of drug-likeness (QED) is 0.841. The third-order valence-electron chi connectivity index (χ3n) is 3.45. The van der Waals surface area contributed by atoms with E-state index in [0.29, 0.717) is 28.7 Å². The molecule has 0 aliphatic carbocycles. The Morgan fingerprint density at radius 3 is 2.19 bits per heavy atom. The Balaban J connectivity index is 2.31. The smallest absolute Gasteiger partial charge is 0.161 e. The van der Waals surface area contributed by atoms with E-state index in [1.165, 1.54) is 5.56 Å². The standard InChI is InChI=1S/C18H20NO2/c1-12(2)13-5-7-14(8-6-13)18(19)15-9-10-16(20-3)17(11-15)21-4/h5-8,10-12,19H,1-4H3. The molecule has 21 heavy (non-hydrogen) atoms. The van der Waals surface area contributed by atoms with Crippen molar-refractivity contribution in [3.05, 3.63) is 59.2 Å². The summed E-state index contributed by atoms with van der Waals surface area (Å²) in [5.41, 5.74) is 3.24. The lowest BCUT2D eigenvalue weighted by Gasteiger charge is -2.11. The van der Waals surface area contributed by atoms with E-state index in [1.54, 1.807) is 26.4 Å². The molecule has 0 aliphatic heterocycles. The van der Waals surface area contributed by atoms with Gasteiger partial charge in [0.25, 0.3) is 0 Å². The Morgan fingerprint density at radius 2 is 1.67 bits per heavy atom. The Labute approximate surface area is 126 Å². The Hall–Kier alpha value is -2.29. The maximum absolute atomic E-state index is 8.32. The van der Waals surface area contributed by atoms with Crippen LogP contribution in [-0.4, -0.2) is 19.9 Å². The Bertz CT molecular complexity index is 630. The van der Waals surface area contributed by atoms with E-state index in [4.69, 9.17) is 14.9 Å². The van der Waals surface area contributed by atoms with Crippen LogP contribution in [-0.2, 0) is 0 Å². The third-order valence-corrected chi connectivity index (χ3v) is 3.45. The molecule has 3 nitrogen and oxygen atoms in total. The molecule has 0 fully saturated rings. The normalized spacial score (nSPS) is 10.5. The van der Waals surface area contributed by atoms with E-state index >= 15 is 0 Å². The van der Waals surface area contributed by atoms with Crippen molar-refractivity contribution >= 4 is 5.71 Å². The first-order chi connectivity index (χ1) is 10.1. The summed E-state index contributed by atoms with van der Waals surface area (Å²) in [5, 5.41) is 8.32. The van der Waals surface area contributed by atoms with Crippen LogP contribution in [0.2, 0.25) is 0 Å². The van der Waals surface area contributed by atoms with Gasteiger partial charge < -0.3 is 9.47 Å². The zero-order valence-corrected chi connectivity index (χ0v) is 12.9. The van der Waals surface area contributed by atoms with Gasteiger partial charge in [0.2, 0.25) is 0 Å². The molecule has 0 heterocycles. The average molecular weight is 282 g/mol. The lowest BCUT2D eigenvalue weighted by Crippen LogP contribution is -2.03. The van der Waals surface area contributed by atoms with Crippen molar-refractivity contribution in [3.8, 4) is 11.5 Å². The number of hydrogen-bond acceptors (Lipinski definition) is 3. The topological polar surface area (TPSA) is 42.3 Å². The molecular formula is C18H20NO2. The summed E-state index contributed by atoms with van der Waals surface area (Å²) in [4.78, 5) is 0. The molecule has 0 aliphatic rings. The molecule has 0 saturated heterocycles. The van der Waals surface area contributed by atoms with Gasteiger partial charge in [0, 0.05) is 11.1 Å². The van der Waals surface area contributed by atoms with Crippen LogP contribution in [0, 0.1) is 11.5 Å². The fourth-order valence-electron chi connectivity index (χ4n) is 2.11. The van der Waals surface area contributed by atoms with Crippen molar-refractivity contribution < 1.29 is 9.47 Å². The number of benzene rings is 2. The predicted molar refractivity (Wildman–Crippen MR) is 84.8 cm³/mol. The summed E-state index contributed by atoms with van der Waals surface area (Å²) in [6.45, 7) is 4.31. The minimum atomic E-state index is 0.422. The molecule has 0 unspecified atom stereocenters. The highest BCUT2D eigenvalue weighted by Crippen LogP contribution is 2.28. The van der Waals surface area contributed by atoms with Gasteiger partial charge in [-0.05, 0) is 29.7 Å². The fraction of sp³-hybridized carbons (Fsp3) is 0.278. The second-order valence-corrected chi connectivity index (χ2v) is 5.14. The number of hydrogen-bond donors (Lipinski definition) is 1. The molecule has 109 valence electrons. The van der Waals surface area contributed by atoms with Crippen LogP contribution in [0.5, 0.6) is 11.5 Å². The Kier molecular flexibility index (Phi) is 4.63. The molecular weight excluding hydrogens is 262 g/mol. The van der Waals surface area contributed by atoms with E-state index in [1.807, 2.05) is 12.1 Å². The number of ether oxygens (including phenoxy) is 2. The van der Waals surface area contributed by atoms with Crippen molar-refractivity contribution in [1.29, 1.82) is 5.41 Å². The third kappa shape index (κ3) is 3.24. The van der Waals surface area contributed by atoms with E-state index in [0.717, 1.165) is 5.56 Å². The Morgan fingerprint density at radius 1 is 1.05 bits per heavy atom. The number of rotatable bonds is 5. The van der Waals surface area contributed by atoms with Gasteiger partial charge >= 0.3 is 0 Å². The average Bonchev–Trinajstić information content (AvgIpc) is 2.53. The summed E-state index contributed by atoms with van der Waals surface area (Å²) in [6, 6.07) is 14.6. The van der Waals surface area contributed by atoms with Gasteiger partial charge in [-0.1, -0.05) is 38.1 Å². The summed E-state index contributed by atoms with van der Waals surface area (Å²) in [6.07, 6.45) is 0. The van der Waals surface area contributed by atoms with Crippen LogP contribution >= 0.6 is 0 Å². The highest BCUT2D eigenvalue weighted by Gasteiger charge is 2.10.